The molecular weight excluding hydrogens is 360 g/mol. The summed E-state index contributed by atoms with van der Waals surface area (Å²) in [4.78, 5) is 12.0. The molecule has 118 valence electrons. The number of hydrazone groups is 1. The van der Waals surface area contributed by atoms with Crippen LogP contribution in [-0.4, -0.2) is 23.8 Å². The highest BCUT2D eigenvalue weighted by Gasteiger charge is 2.04. The molecule has 2 aromatic rings. The lowest BCUT2D eigenvalue weighted by molar-refractivity contribution is 0.0955. The molecule has 0 unspecified atom stereocenters. The summed E-state index contributed by atoms with van der Waals surface area (Å²) in [6, 6.07) is 11.6. The van der Waals surface area contributed by atoms with Gasteiger partial charge in [0.15, 0.2) is 0 Å². The van der Waals surface area contributed by atoms with Gasteiger partial charge in [-0.2, -0.15) is 5.10 Å². The first kappa shape index (κ1) is 16.8. The summed E-state index contributed by atoms with van der Waals surface area (Å²) < 4.78 is 6.15. The maximum atomic E-state index is 12.0. The van der Waals surface area contributed by atoms with Crippen molar-refractivity contribution in [3.8, 4) is 11.5 Å². The number of nitrogens with one attached hydrogen (secondary N) is 1. The van der Waals surface area contributed by atoms with Crippen LogP contribution in [0.5, 0.6) is 11.5 Å². The van der Waals surface area contributed by atoms with Crippen LogP contribution in [0.25, 0.3) is 0 Å². The van der Waals surface area contributed by atoms with Gasteiger partial charge in [-0.05, 0) is 42.5 Å². The smallest absolute Gasteiger partial charge is 0.271 e. The largest absolute Gasteiger partial charge is 0.507 e. The summed E-state index contributed by atoms with van der Waals surface area (Å²) in [5.74, 6) is 0.380. The van der Waals surface area contributed by atoms with Crippen molar-refractivity contribution in [2.45, 2.75) is 0 Å². The molecule has 0 aromatic heterocycles. The predicted octanol–water partition coefficient (Wildman–Crippen LogP) is 3.48. The number of phenolic OH excluding ortho intramolecular Hbond substituents is 1. The van der Waals surface area contributed by atoms with Crippen LogP contribution in [0.15, 0.2) is 64.7 Å². The fourth-order valence-electron chi connectivity index (χ4n) is 1.71. The van der Waals surface area contributed by atoms with Crippen molar-refractivity contribution in [3.05, 3.63) is 70.7 Å². The highest BCUT2D eigenvalue weighted by molar-refractivity contribution is 9.10. The van der Waals surface area contributed by atoms with E-state index in [0.29, 0.717) is 23.5 Å². The SMILES string of the molecule is C=CCOc1ccc(C(=O)N/N=C/c2cc(Br)ccc2O)cc1. The Hall–Kier alpha value is -2.60. The number of ether oxygens (including phenoxy) is 1. The summed E-state index contributed by atoms with van der Waals surface area (Å²) in [5, 5.41) is 13.5. The summed E-state index contributed by atoms with van der Waals surface area (Å²) in [6.45, 7) is 3.97. The van der Waals surface area contributed by atoms with Gasteiger partial charge in [-0.3, -0.25) is 4.79 Å². The van der Waals surface area contributed by atoms with Crippen LogP contribution in [0.1, 0.15) is 15.9 Å². The molecule has 23 heavy (non-hydrogen) atoms. The Balaban J connectivity index is 1.97. The molecule has 0 saturated carbocycles. The van der Waals surface area contributed by atoms with E-state index >= 15 is 0 Å². The fourth-order valence-corrected chi connectivity index (χ4v) is 2.09. The second kappa shape index (κ2) is 8.14. The van der Waals surface area contributed by atoms with E-state index in [4.69, 9.17) is 4.74 Å². The molecule has 6 heteroatoms. The Morgan fingerprint density at radius 2 is 2.04 bits per heavy atom. The highest BCUT2D eigenvalue weighted by atomic mass is 79.9. The number of carbonyl (C=O) groups excluding carboxylic acids is 1. The number of rotatable bonds is 6. The number of benzene rings is 2. The second-order valence-electron chi connectivity index (χ2n) is 4.53. The highest BCUT2D eigenvalue weighted by Crippen LogP contribution is 2.20. The first-order valence-electron chi connectivity index (χ1n) is 6.76. The maximum Gasteiger partial charge on any atom is 0.271 e. The number of nitrogens with zero attached hydrogens (tertiary/aromatic N) is 1. The molecule has 5 nitrogen and oxygen atoms in total. The molecular formula is C17H15BrN2O3. The quantitative estimate of drug-likeness (QED) is 0.461. The molecule has 2 aromatic carbocycles. The zero-order valence-electron chi connectivity index (χ0n) is 12.2. The summed E-state index contributed by atoms with van der Waals surface area (Å²) >= 11 is 3.30. The van der Waals surface area contributed by atoms with Crippen LogP contribution in [0.2, 0.25) is 0 Å². The lowest BCUT2D eigenvalue weighted by Crippen LogP contribution is -2.17. The third-order valence-corrected chi connectivity index (χ3v) is 3.34. The number of amides is 1. The van der Waals surface area contributed by atoms with Crippen molar-refractivity contribution in [3.63, 3.8) is 0 Å². The standard InChI is InChI=1S/C17H15BrN2O3/c1-2-9-23-15-6-3-12(4-7-15)17(22)20-19-11-13-10-14(18)5-8-16(13)21/h2-8,10-11,21H,1,9H2,(H,20,22)/b19-11+. The molecule has 2 rings (SSSR count). The van der Waals surface area contributed by atoms with Crippen molar-refractivity contribution in [1.82, 2.24) is 5.43 Å². The maximum absolute atomic E-state index is 12.0. The van der Waals surface area contributed by atoms with Crippen molar-refractivity contribution < 1.29 is 14.6 Å². The molecule has 0 aliphatic heterocycles. The van der Waals surface area contributed by atoms with Crippen LogP contribution < -0.4 is 10.2 Å². The minimum absolute atomic E-state index is 0.0786. The van der Waals surface area contributed by atoms with Crippen molar-refractivity contribution in [1.29, 1.82) is 0 Å². The Morgan fingerprint density at radius 3 is 2.74 bits per heavy atom. The fraction of sp³-hybridized carbons (Fsp3) is 0.0588. The average Bonchev–Trinajstić information content (AvgIpc) is 2.56. The Morgan fingerprint density at radius 1 is 1.30 bits per heavy atom. The molecule has 0 atom stereocenters. The number of halogens is 1. The van der Waals surface area contributed by atoms with Gasteiger partial charge in [-0.25, -0.2) is 5.43 Å². The first-order valence-corrected chi connectivity index (χ1v) is 7.55. The molecule has 2 N–H and O–H groups in total. The van der Waals surface area contributed by atoms with E-state index in [9.17, 15) is 9.90 Å². The van der Waals surface area contributed by atoms with E-state index in [1.54, 1.807) is 42.5 Å². The Labute approximate surface area is 142 Å². The minimum atomic E-state index is -0.356. The van der Waals surface area contributed by atoms with Crippen LogP contribution in [-0.2, 0) is 0 Å². The van der Waals surface area contributed by atoms with Crippen LogP contribution in [0.3, 0.4) is 0 Å². The van der Waals surface area contributed by atoms with Crippen LogP contribution in [0, 0.1) is 0 Å². The summed E-state index contributed by atoms with van der Waals surface area (Å²) in [6.07, 6.45) is 3.02. The Kier molecular flexibility index (Phi) is 5.94. The van der Waals surface area contributed by atoms with E-state index in [1.807, 2.05) is 0 Å². The molecule has 0 heterocycles. The number of hydrogen-bond donors (Lipinski definition) is 2. The Bertz CT molecular complexity index is 727. The molecule has 0 saturated heterocycles. The average molecular weight is 375 g/mol. The number of phenols is 1. The number of aromatic hydroxyl groups is 1. The van der Waals surface area contributed by atoms with Crippen molar-refractivity contribution in [2.75, 3.05) is 6.61 Å². The summed E-state index contributed by atoms with van der Waals surface area (Å²) in [5.41, 5.74) is 3.35. The number of carbonyl (C=O) groups is 1. The minimum Gasteiger partial charge on any atom is -0.507 e. The molecule has 0 aliphatic rings. The summed E-state index contributed by atoms with van der Waals surface area (Å²) in [7, 11) is 0. The van der Waals surface area contributed by atoms with E-state index in [1.165, 1.54) is 12.3 Å². The molecule has 0 bridgehead atoms. The molecule has 0 radical (unpaired) electrons. The van der Waals surface area contributed by atoms with Gasteiger partial charge in [-0.15, -0.1) is 0 Å². The lowest BCUT2D eigenvalue weighted by atomic mass is 10.2. The van der Waals surface area contributed by atoms with Gasteiger partial charge < -0.3 is 9.84 Å². The van der Waals surface area contributed by atoms with Gasteiger partial charge in [0.2, 0.25) is 0 Å². The molecule has 1 amide bonds. The third kappa shape index (κ3) is 4.96. The normalized spacial score (nSPS) is 10.5. The van der Waals surface area contributed by atoms with E-state index < -0.39 is 0 Å². The lowest BCUT2D eigenvalue weighted by Gasteiger charge is -2.04. The van der Waals surface area contributed by atoms with Gasteiger partial charge >= 0.3 is 0 Å². The van der Waals surface area contributed by atoms with E-state index in [0.717, 1.165) is 4.47 Å². The molecule has 0 spiro atoms. The van der Waals surface area contributed by atoms with Crippen LogP contribution >= 0.6 is 15.9 Å². The van der Waals surface area contributed by atoms with Gasteiger partial charge in [0.05, 0.1) is 6.21 Å². The first-order chi connectivity index (χ1) is 11.1. The van der Waals surface area contributed by atoms with E-state index in [2.05, 4.69) is 33.0 Å². The van der Waals surface area contributed by atoms with Crippen LogP contribution in [0.4, 0.5) is 0 Å². The third-order valence-electron chi connectivity index (χ3n) is 2.84. The van der Waals surface area contributed by atoms with Gasteiger partial charge in [0.1, 0.15) is 18.1 Å². The zero-order chi connectivity index (χ0) is 16.7. The van der Waals surface area contributed by atoms with Crippen molar-refractivity contribution in [2.24, 2.45) is 5.10 Å². The van der Waals surface area contributed by atoms with E-state index in [-0.39, 0.29) is 11.7 Å². The van der Waals surface area contributed by atoms with Gasteiger partial charge in [-0.1, -0.05) is 28.6 Å². The predicted molar refractivity (Wildman–Crippen MR) is 93.0 cm³/mol. The number of hydrogen-bond acceptors (Lipinski definition) is 4. The van der Waals surface area contributed by atoms with Crippen molar-refractivity contribution >= 4 is 28.1 Å². The zero-order valence-corrected chi connectivity index (χ0v) is 13.8. The monoisotopic (exact) mass is 374 g/mol. The molecule has 0 aliphatic carbocycles. The topological polar surface area (TPSA) is 70.9 Å². The van der Waals surface area contributed by atoms with Gasteiger partial charge in [0.25, 0.3) is 5.91 Å². The van der Waals surface area contributed by atoms with Gasteiger partial charge in [0, 0.05) is 15.6 Å². The molecule has 0 fully saturated rings. The second-order valence-corrected chi connectivity index (χ2v) is 5.44.